The molecule has 0 bridgehead atoms. The number of alkyl halides is 3. The molecule has 0 aromatic heterocycles. The van der Waals surface area contributed by atoms with Crippen molar-refractivity contribution < 1.29 is 13.2 Å². The summed E-state index contributed by atoms with van der Waals surface area (Å²) in [5.41, 5.74) is 7.64. The van der Waals surface area contributed by atoms with Crippen molar-refractivity contribution in [3.05, 3.63) is 34.9 Å². The topological polar surface area (TPSA) is 26.0 Å². The number of halogens is 3. The first-order valence-corrected chi connectivity index (χ1v) is 5.91. The Bertz CT molecular complexity index is 398. The van der Waals surface area contributed by atoms with Gasteiger partial charge in [0, 0.05) is 6.54 Å². The van der Waals surface area contributed by atoms with Crippen molar-refractivity contribution >= 4 is 0 Å². The Hall–Kier alpha value is -1.03. The molecule has 1 aliphatic rings. The van der Waals surface area contributed by atoms with E-state index in [9.17, 15) is 13.2 Å². The largest absolute Gasteiger partial charge is 0.396 e. The third kappa shape index (κ3) is 2.46. The Morgan fingerprint density at radius 3 is 2.53 bits per heavy atom. The van der Waals surface area contributed by atoms with Gasteiger partial charge in [0.15, 0.2) is 0 Å². The molecule has 0 radical (unpaired) electrons. The molecule has 0 spiro atoms. The van der Waals surface area contributed by atoms with Gasteiger partial charge in [0.05, 0.1) is 5.92 Å². The van der Waals surface area contributed by atoms with Crippen molar-refractivity contribution in [1.82, 2.24) is 0 Å². The zero-order chi connectivity index (χ0) is 12.5. The van der Waals surface area contributed by atoms with Gasteiger partial charge in [-0.15, -0.1) is 0 Å². The van der Waals surface area contributed by atoms with Crippen LogP contribution >= 0.6 is 0 Å². The van der Waals surface area contributed by atoms with Gasteiger partial charge >= 0.3 is 6.18 Å². The van der Waals surface area contributed by atoms with Crippen LogP contribution in [0, 0.1) is 0 Å². The summed E-state index contributed by atoms with van der Waals surface area (Å²) < 4.78 is 38.7. The highest BCUT2D eigenvalue weighted by Gasteiger charge is 2.41. The maximum Gasteiger partial charge on any atom is 0.396 e. The number of nitrogens with two attached hydrogens (primary N) is 1. The number of benzene rings is 1. The van der Waals surface area contributed by atoms with E-state index in [-0.39, 0.29) is 6.54 Å². The summed E-state index contributed by atoms with van der Waals surface area (Å²) in [6, 6.07) is 5.23. The smallest absolute Gasteiger partial charge is 0.330 e. The molecule has 1 aromatic rings. The van der Waals surface area contributed by atoms with Crippen molar-refractivity contribution in [2.75, 3.05) is 6.54 Å². The van der Waals surface area contributed by atoms with Crippen LogP contribution in [0.3, 0.4) is 0 Å². The summed E-state index contributed by atoms with van der Waals surface area (Å²) in [7, 11) is 0. The minimum Gasteiger partial charge on any atom is -0.330 e. The predicted molar refractivity (Wildman–Crippen MR) is 60.9 cm³/mol. The Labute approximate surface area is 98.8 Å². The van der Waals surface area contributed by atoms with Crippen LogP contribution < -0.4 is 5.73 Å². The quantitative estimate of drug-likeness (QED) is 0.848. The minimum atomic E-state index is -4.25. The fourth-order valence-corrected chi connectivity index (χ4v) is 2.57. The molecular weight excluding hydrogens is 227 g/mol. The summed E-state index contributed by atoms with van der Waals surface area (Å²) in [4.78, 5) is 0. The first-order valence-electron chi connectivity index (χ1n) is 5.91. The maximum atomic E-state index is 12.9. The zero-order valence-corrected chi connectivity index (χ0v) is 9.56. The second-order valence-electron chi connectivity index (χ2n) is 4.52. The third-order valence-corrected chi connectivity index (χ3v) is 3.44. The number of hydrogen-bond donors (Lipinski definition) is 1. The minimum absolute atomic E-state index is 0.375. The van der Waals surface area contributed by atoms with Crippen LogP contribution in [-0.4, -0.2) is 12.7 Å². The van der Waals surface area contributed by atoms with Crippen LogP contribution in [0.2, 0.25) is 0 Å². The van der Waals surface area contributed by atoms with E-state index in [0.29, 0.717) is 5.56 Å². The molecular formula is C13H16F3N. The molecule has 1 nitrogen and oxygen atoms in total. The lowest BCUT2D eigenvalue weighted by molar-refractivity contribution is -0.148. The lowest BCUT2D eigenvalue weighted by atomic mass is 9.83. The van der Waals surface area contributed by atoms with Crippen molar-refractivity contribution in [3.63, 3.8) is 0 Å². The van der Waals surface area contributed by atoms with E-state index in [1.54, 1.807) is 12.1 Å². The van der Waals surface area contributed by atoms with Gasteiger partial charge in [-0.25, -0.2) is 0 Å². The molecule has 0 heterocycles. The zero-order valence-electron chi connectivity index (χ0n) is 9.56. The van der Waals surface area contributed by atoms with Crippen molar-refractivity contribution in [3.8, 4) is 0 Å². The van der Waals surface area contributed by atoms with Gasteiger partial charge in [0.2, 0.25) is 0 Å². The van der Waals surface area contributed by atoms with Gasteiger partial charge in [-0.2, -0.15) is 13.2 Å². The van der Waals surface area contributed by atoms with Gasteiger partial charge in [-0.1, -0.05) is 18.2 Å². The summed E-state index contributed by atoms with van der Waals surface area (Å²) in [5, 5.41) is 0. The Morgan fingerprint density at radius 2 is 1.88 bits per heavy atom. The molecule has 17 heavy (non-hydrogen) atoms. The average Bonchev–Trinajstić information content (AvgIpc) is 2.28. The number of hydrogen-bond acceptors (Lipinski definition) is 1. The first kappa shape index (κ1) is 12.4. The van der Waals surface area contributed by atoms with E-state index >= 15 is 0 Å². The molecule has 2 N–H and O–H groups in total. The number of fused-ring (bicyclic) bond motifs is 1. The molecule has 1 atom stereocenters. The standard InChI is InChI=1S/C13H16F3N/c14-13(15,16)12(8-17)11-7-3-5-9-4-1-2-6-10(9)11/h3,5,7,12H,1-2,4,6,8,17H2. The average molecular weight is 243 g/mol. The highest BCUT2D eigenvalue weighted by molar-refractivity contribution is 5.40. The van der Waals surface area contributed by atoms with Crippen LogP contribution in [0.1, 0.15) is 35.4 Å². The van der Waals surface area contributed by atoms with Crippen LogP contribution in [-0.2, 0) is 12.8 Å². The molecule has 0 saturated heterocycles. The van der Waals surface area contributed by atoms with Crippen LogP contribution in [0.5, 0.6) is 0 Å². The SMILES string of the molecule is NCC(c1cccc2c1CCCC2)C(F)(F)F. The molecule has 0 aliphatic heterocycles. The van der Waals surface area contributed by atoms with Crippen LogP contribution in [0.15, 0.2) is 18.2 Å². The molecule has 1 aliphatic carbocycles. The van der Waals surface area contributed by atoms with Gasteiger partial charge in [0.25, 0.3) is 0 Å². The summed E-state index contributed by atoms with van der Waals surface area (Å²) >= 11 is 0. The predicted octanol–water partition coefficient (Wildman–Crippen LogP) is 3.17. The van der Waals surface area contributed by atoms with E-state index in [0.717, 1.165) is 36.8 Å². The van der Waals surface area contributed by atoms with Gasteiger partial charge in [-0.3, -0.25) is 0 Å². The monoisotopic (exact) mass is 243 g/mol. The Kier molecular flexibility index (Phi) is 3.43. The van der Waals surface area contributed by atoms with E-state index in [1.165, 1.54) is 0 Å². The van der Waals surface area contributed by atoms with Crippen molar-refractivity contribution in [2.24, 2.45) is 5.73 Å². The summed E-state index contributed by atoms with van der Waals surface area (Å²) in [5.74, 6) is -1.52. The molecule has 0 fully saturated rings. The highest BCUT2D eigenvalue weighted by Crippen LogP contribution is 2.38. The summed E-state index contributed by atoms with van der Waals surface area (Å²) in [6.07, 6.45) is -0.577. The van der Waals surface area contributed by atoms with Crippen molar-refractivity contribution in [1.29, 1.82) is 0 Å². The second-order valence-corrected chi connectivity index (χ2v) is 4.52. The normalized spacial score (nSPS) is 17.6. The van der Waals surface area contributed by atoms with E-state index in [4.69, 9.17) is 5.73 Å². The molecule has 1 unspecified atom stereocenters. The highest BCUT2D eigenvalue weighted by atomic mass is 19.4. The van der Waals surface area contributed by atoms with E-state index in [1.807, 2.05) is 6.07 Å². The molecule has 4 heteroatoms. The summed E-state index contributed by atoms with van der Waals surface area (Å²) in [6.45, 7) is -0.375. The van der Waals surface area contributed by atoms with Crippen LogP contribution in [0.25, 0.3) is 0 Å². The fraction of sp³-hybridized carbons (Fsp3) is 0.538. The third-order valence-electron chi connectivity index (χ3n) is 3.44. The second kappa shape index (κ2) is 4.69. The Balaban J connectivity index is 2.44. The Morgan fingerprint density at radius 1 is 1.18 bits per heavy atom. The van der Waals surface area contributed by atoms with E-state index in [2.05, 4.69) is 0 Å². The number of rotatable bonds is 2. The van der Waals surface area contributed by atoms with E-state index < -0.39 is 12.1 Å². The molecule has 94 valence electrons. The molecule has 1 aromatic carbocycles. The van der Waals surface area contributed by atoms with Gasteiger partial charge in [-0.05, 0) is 42.4 Å². The lowest BCUT2D eigenvalue weighted by Crippen LogP contribution is -2.29. The van der Waals surface area contributed by atoms with Gasteiger partial charge in [0.1, 0.15) is 0 Å². The molecule has 0 amide bonds. The van der Waals surface area contributed by atoms with Crippen LogP contribution in [0.4, 0.5) is 13.2 Å². The number of aryl methyl sites for hydroxylation is 1. The fourth-order valence-electron chi connectivity index (χ4n) is 2.57. The van der Waals surface area contributed by atoms with Gasteiger partial charge < -0.3 is 5.73 Å². The lowest BCUT2D eigenvalue weighted by Gasteiger charge is -2.25. The van der Waals surface area contributed by atoms with Crippen molar-refractivity contribution in [2.45, 2.75) is 37.8 Å². The first-order chi connectivity index (χ1) is 8.04. The maximum absolute atomic E-state index is 12.9. The molecule has 2 rings (SSSR count). The molecule has 0 saturated carbocycles.